The summed E-state index contributed by atoms with van der Waals surface area (Å²) in [7, 11) is 0. The zero-order chi connectivity index (χ0) is 15.2. The number of hydrogen-bond donors (Lipinski definition) is 2. The Bertz CT molecular complexity index is 611. The first-order valence-corrected chi connectivity index (χ1v) is 6.92. The van der Waals surface area contributed by atoms with E-state index in [0.717, 1.165) is 11.1 Å². The van der Waals surface area contributed by atoms with Gasteiger partial charge in [0.15, 0.2) is 0 Å². The molecule has 0 radical (unpaired) electrons. The van der Waals surface area contributed by atoms with Gasteiger partial charge in [0.25, 0.3) is 5.91 Å². The molecule has 4 nitrogen and oxygen atoms in total. The molecule has 2 aromatic rings. The minimum Gasteiger partial charge on any atom is -0.399 e. The molecule has 0 saturated heterocycles. The quantitative estimate of drug-likeness (QED) is 0.827. The summed E-state index contributed by atoms with van der Waals surface area (Å²) in [5.74, 6) is -0.113. The summed E-state index contributed by atoms with van der Waals surface area (Å²) >= 11 is 0. The number of carbonyl (C=O) groups is 1. The standard InChI is InChI=1S/C17H20N2O2/c1-13-7-8-15(18)11-16(13)17(21)19(9-10-20)12-14-5-3-2-4-6-14/h2-8,11,20H,9-10,12,18H2,1H3. The van der Waals surface area contributed by atoms with Crippen LogP contribution >= 0.6 is 0 Å². The van der Waals surface area contributed by atoms with Crippen LogP contribution in [-0.4, -0.2) is 29.1 Å². The smallest absolute Gasteiger partial charge is 0.254 e. The Balaban J connectivity index is 2.25. The van der Waals surface area contributed by atoms with Gasteiger partial charge in [-0.1, -0.05) is 36.4 Å². The van der Waals surface area contributed by atoms with Crippen LogP contribution in [0.5, 0.6) is 0 Å². The van der Waals surface area contributed by atoms with Gasteiger partial charge < -0.3 is 15.7 Å². The fraction of sp³-hybridized carbons (Fsp3) is 0.235. The van der Waals surface area contributed by atoms with E-state index in [-0.39, 0.29) is 12.5 Å². The van der Waals surface area contributed by atoms with Crippen molar-refractivity contribution in [3.63, 3.8) is 0 Å². The van der Waals surface area contributed by atoms with Crippen LogP contribution in [0.2, 0.25) is 0 Å². The minimum atomic E-state index is -0.113. The van der Waals surface area contributed by atoms with Crippen molar-refractivity contribution in [3.8, 4) is 0 Å². The van der Waals surface area contributed by atoms with Gasteiger partial charge in [0.1, 0.15) is 0 Å². The summed E-state index contributed by atoms with van der Waals surface area (Å²) in [5, 5.41) is 9.22. The van der Waals surface area contributed by atoms with Gasteiger partial charge >= 0.3 is 0 Å². The number of nitrogen functional groups attached to an aromatic ring is 1. The van der Waals surface area contributed by atoms with Crippen molar-refractivity contribution in [2.75, 3.05) is 18.9 Å². The molecule has 0 atom stereocenters. The predicted molar refractivity (Wildman–Crippen MR) is 83.9 cm³/mol. The monoisotopic (exact) mass is 284 g/mol. The van der Waals surface area contributed by atoms with E-state index in [1.807, 2.05) is 43.3 Å². The van der Waals surface area contributed by atoms with E-state index in [4.69, 9.17) is 5.73 Å². The van der Waals surface area contributed by atoms with E-state index in [2.05, 4.69) is 0 Å². The van der Waals surface area contributed by atoms with E-state index in [9.17, 15) is 9.90 Å². The highest BCUT2D eigenvalue weighted by Gasteiger charge is 2.17. The highest BCUT2D eigenvalue weighted by molar-refractivity contribution is 5.96. The van der Waals surface area contributed by atoms with Crippen LogP contribution in [0.25, 0.3) is 0 Å². The van der Waals surface area contributed by atoms with Crippen LogP contribution in [0.1, 0.15) is 21.5 Å². The van der Waals surface area contributed by atoms with Gasteiger partial charge in [-0.25, -0.2) is 0 Å². The Morgan fingerprint density at radius 1 is 1.19 bits per heavy atom. The molecule has 2 aromatic carbocycles. The zero-order valence-electron chi connectivity index (χ0n) is 12.1. The third kappa shape index (κ3) is 3.83. The molecular formula is C17H20N2O2. The molecule has 0 aromatic heterocycles. The van der Waals surface area contributed by atoms with Crippen molar-refractivity contribution >= 4 is 11.6 Å². The maximum atomic E-state index is 12.7. The summed E-state index contributed by atoms with van der Waals surface area (Å²) in [6, 6.07) is 15.0. The summed E-state index contributed by atoms with van der Waals surface area (Å²) in [6.45, 7) is 2.57. The molecule has 0 spiro atoms. The number of anilines is 1. The molecule has 4 heteroatoms. The molecule has 0 aliphatic carbocycles. The van der Waals surface area contributed by atoms with Crippen LogP contribution < -0.4 is 5.73 Å². The van der Waals surface area contributed by atoms with Crippen molar-refractivity contribution < 1.29 is 9.90 Å². The van der Waals surface area contributed by atoms with Crippen LogP contribution in [0.15, 0.2) is 48.5 Å². The number of aliphatic hydroxyl groups excluding tert-OH is 1. The number of nitrogens with zero attached hydrogens (tertiary/aromatic N) is 1. The Labute approximate surface area is 124 Å². The SMILES string of the molecule is Cc1ccc(N)cc1C(=O)N(CCO)Cc1ccccc1. The van der Waals surface area contributed by atoms with Gasteiger partial charge in [0.2, 0.25) is 0 Å². The normalized spacial score (nSPS) is 10.4. The maximum absolute atomic E-state index is 12.7. The van der Waals surface area contributed by atoms with E-state index < -0.39 is 0 Å². The Kier molecular flexibility index (Phi) is 4.95. The molecular weight excluding hydrogens is 264 g/mol. The summed E-state index contributed by atoms with van der Waals surface area (Å²) < 4.78 is 0. The topological polar surface area (TPSA) is 66.6 Å². The fourth-order valence-corrected chi connectivity index (χ4v) is 2.22. The molecule has 0 aliphatic rings. The second-order valence-corrected chi connectivity index (χ2v) is 5.01. The van der Waals surface area contributed by atoms with Crippen molar-refractivity contribution in [1.82, 2.24) is 4.90 Å². The highest BCUT2D eigenvalue weighted by Crippen LogP contribution is 2.16. The molecule has 2 rings (SSSR count). The largest absolute Gasteiger partial charge is 0.399 e. The van der Waals surface area contributed by atoms with Gasteiger partial charge in [-0.3, -0.25) is 4.79 Å². The molecule has 110 valence electrons. The van der Waals surface area contributed by atoms with Gasteiger partial charge in [-0.2, -0.15) is 0 Å². The van der Waals surface area contributed by atoms with Crippen LogP contribution in [-0.2, 0) is 6.54 Å². The second kappa shape index (κ2) is 6.90. The number of amides is 1. The molecule has 0 unspecified atom stereocenters. The van der Waals surface area contributed by atoms with Gasteiger partial charge in [-0.15, -0.1) is 0 Å². The van der Waals surface area contributed by atoms with Crippen LogP contribution in [0.3, 0.4) is 0 Å². The van der Waals surface area contributed by atoms with Gasteiger partial charge in [0.05, 0.1) is 6.61 Å². The number of hydrogen-bond acceptors (Lipinski definition) is 3. The van der Waals surface area contributed by atoms with E-state index in [0.29, 0.717) is 24.3 Å². The first-order valence-electron chi connectivity index (χ1n) is 6.92. The van der Waals surface area contributed by atoms with Crippen molar-refractivity contribution in [3.05, 3.63) is 65.2 Å². The van der Waals surface area contributed by atoms with Crippen molar-refractivity contribution in [2.45, 2.75) is 13.5 Å². The second-order valence-electron chi connectivity index (χ2n) is 5.01. The zero-order valence-corrected chi connectivity index (χ0v) is 12.1. The van der Waals surface area contributed by atoms with Crippen molar-refractivity contribution in [2.24, 2.45) is 0 Å². The third-order valence-corrected chi connectivity index (χ3v) is 3.37. The Morgan fingerprint density at radius 3 is 2.57 bits per heavy atom. The van der Waals surface area contributed by atoms with E-state index >= 15 is 0 Å². The molecule has 21 heavy (non-hydrogen) atoms. The average Bonchev–Trinajstić information content (AvgIpc) is 2.49. The molecule has 0 fully saturated rings. The lowest BCUT2D eigenvalue weighted by Gasteiger charge is -2.23. The number of aliphatic hydroxyl groups is 1. The number of carbonyl (C=O) groups excluding carboxylic acids is 1. The van der Waals surface area contributed by atoms with Crippen LogP contribution in [0.4, 0.5) is 5.69 Å². The number of aryl methyl sites for hydroxylation is 1. The third-order valence-electron chi connectivity index (χ3n) is 3.37. The molecule has 0 bridgehead atoms. The molecule has 0 saturated carbocycles. The number of rotatable bonds is 5. The Morgan fingerprint density at radius 2 is 1.90 bits per heavy atom. The first kappa shape index (κ1) is 15.1. The highest BCUT2D eigenvalue weighted by atomic mass is 16.3. The Hall–Kier alpha value is -2.33. The van der Waals surface area contributed by atoms with E-state index in [1.165, 1.54) is 0 Å². The molecule has 0 heterocycles. The lowest BCUT2D eigenvalue weighted by molar-refractivity contribution is 0.0707. The number of nitrogens with two attached hydrogens (primary N) is 1. The minimum absolute atomic E-state index is 0.0695. The lowest BCUT2D eigenvalue weighted by Crippen LogP contribution is -2.33. The van der Waals surface area contributed by atoms with Gasteiger partial charge in [-0.05, 0) is 30.2 Å². The van der Waals surface area contributed by atoms with Crippen LogP contribution in [0, 0.1) is 6.92 Å². The predicted octanol–water partition coefficient (Wildman–Crippen LogP) is 2.21. The maximum Gasteiger partial charge on any atom is 0.254 e. The molecule has 0 aliphatic heterocycles. The lowest BCUT2D eigenvalue weighted by atomic mass is 10.1. The van der Waals surface area contributed by atoms with E-state index in [1.54, 1.807) is 17.0 Å². The fourth-order valence-electron chi connectivity index (χ4n) is 2.22. The van der Waals surface area contributed by atoms with Gasteiger partial charge in [0, 0.05) is 24.3 Å². The summed E-state index contributed by atoms with van der Waals surface area (Å²) in [4.78, 5) is 14.3. The summed E-state index contributed by atoms with van der Waals surface area (Å²) in [6.07, 6.45) is 0. The first-order chi connectivity index (χ1) is 10.1. The average molecular weight is 284 g/mol. The molecule has 1 amide bonds. The number of benzene rings is 2. The molecule has 3 N–H and O–H groups in total. The van der Waals surface area contributed by atoms with Crippen molar-refractivity contribution in [1.29, 1.82) is 0 Å². The summed E-state index contributed by atoms with van der Waals surface area (Å²) in [5.41, 5.74) is 8.83.